The molecule has 108 valence electrons. The summed E-state index contributed by atoms with van der Waals surface area (Å²) < 4.78 is 0. The standard InChI is InChI=1S/C17H24N2O/c1-11(2)19(10-12-6-3-4-9-15(12)18)17(20)16-13-7-5-8-14(13)16/h3-4,6,9,11,13-14,16H,5,7-8,10,18H2,1-2H3. The smallest absolute Gasteiger partial charge is 0.226 e. The van der Waals surface area contributed by atoms with Crippen LogP contribution >= 0.6 is 0 Å². The van der Waals surface area contributed by atoms with Crippen LogP contribution in [0.4, 0.5) is 5.69 Å². The summed E-state index contributed by atoms with van der Waals surface area (Å²) in [6, 6.07) is 8.07. The van der Waals surface area contributed by atoms with E-state index in [4.69, 9.17) is 5.73 Å². The van der Waals surface area contributed by atoms with Gasteiger partial charge in [-0.1, -0.05) is 24.6 Å². The van der Waals surface area contributed by atoms with Crippen LogP contribution in [0.3, 0.4) is 0 Å². The fourth-order valence-corrected chi connectivity index (χ4v) is 3.76. The second-order valence-electron chi connectivity index (χ2n) is 6.54. The molecule has 0 aliphatic heterocycles. The molecule has 2 atom stereocenters. The maximum atomic E-state index is 12.8. The SMILES string of the molecule is CC(C)N(Cc1ccccc1N)C(=O)C1C2CCCC21. The number of benzene rings is 1. The van der Waals surface area contributed by atoms with Crippen LogP contribution in [0, 0.1) is 17.8 Å². The van der Waals surface area contributed by atoms with Gasteiger partial charge in [-0.2, -0.15) is 0 Å². The summed E-state index contributed by atoms with van der Waals surface area (Å²) in [5.41, 5.74) is 7.85. The van der Waals surface area contributed by atoms with Gasteiger partial charge < -0.3 is 10.6 Å². The van der Waals surface area contributed by atoms with E-state index in [2.05, 4.69) is 13.8 Å². The summed E-state index contributed by atoms with van der Waals surface area (Å²) in [7, 11) is 0. The van der Waals surface area contributed by atoms with E-state index in [1.54, 1.807) is 0 Å². The maximum Gasteiger partial charge on any atom is 0.226 e. The van der Waals surface area contributed by atoms with Crippen molar-refractivity contribution in [1.82, 2.24) is 4.90 Å². The van der Waals surface area contributed by atoms with Crippen LogP contribution in [0.25, 0.3) is 0 Å². The van der Waals surface area contributed by atoms with E-state index in [9.17, 15) is 4.79 Å². The first-order valence-electron chi connectivity index (χ1n) is 7.73. The van der Waals surface area contributed by atoms with Crippen molar-refractivity contribution in [2.45, 2.75) is 45.7 Å². The molecule has 0 saturated heterocycles. The van der Waals surface area contributed by atoms with E-state index in [0.29, 0.717) is 30.2 Å². The predicted octanol–water partition coefficient (Wildman–Crippen LogP) is 3.05. The van der Waals surface area contributed by atoms with E-state index in [-0.39, 0.29) is 6.04 Å². The van der Waals surface area contributed by atoms with Gasteiger partial charge in [0.2, 0.25) is 5.91 Å². The summed E-state index contributed by atoms with van der Waals surface area (Å²) in [5, 5.41) is 0. The molecule has 0 heterocycles. The molecule has 20 heavy (non-hydrogen) atoms. The third kappa shape index (κ3) is 2.30. The van der Waals surface area contributed by atoms with Gasteiger partial charge in [-0.3, -0.25) is 4.79 Å². The first-order chi connectivity index (χ1) is 9.59. The largest absolute Gasteiger partial charge is 0.398 e. The van der Waals surface area contributed by atoms with Crippen LogP contribution in [0.5, 0.6) is 0 Å². The van der Waals surface area contributed by atoms with Crippen LogP contribution < -0.4 is 5.73 Å². The summed E-state index contributed by atoms with van der Waals surface area (Å²) in [5.74, 6) is 2.00. The highest BCUT2D eigenvalue weighted by Crippen LogP contribution is 2.58. The van der Waals surface area contributed by atoms with Crippen molar-refractivity contribution in [3.63, 3.8) is 0 Å². The topological polar surface area (TPSA) is 46.3 Å². The van der Waals surface area contributed by atoms with Crippen molar-refractivity contribution in [3.05, 3.63) is 29.8 Å². The molecule has 1 aromatic rings. The Morgan fingerprint density at radius 2 is 1.95 bits per heavy atom. The van der Waals surface area contributed by atoms with Crippen molar-refractivity contribution in [2.24, 2.45) is 17.8 Å². The lowest BCUT2D eigenvalue weighted by Crippen LogP contribution is -2.38. The molecule has 2 fully saturated rings. The summed E-state index contributed by atoms with van der Waals surface area (Å²) in [6.07, 6.45) is 3.81. The second-order valence-corrected chi connectivity index (χ2v) is 6.54. The number of fused-ring (bicyclic) bond motifs is 1. The molecule has 2 saturated carbocycles. The molecule has 2 N–H and O–H groups in total. The number of hydrogen-bond acceptors (Lipinski definition) is 2. The summed E-state index contributed by atoms with van der Waals surface area (Å²) >= 11 is 0. The Labute approximate surface area is 121 Å². The Morgan fingerprint density at radius 1 is 1.30 bits per heavy atom. The molecule has 0 spiro atoms. The monoisotopic (exact) mass is 272 g/mol. The zero-order valence-corrected chi connectivity index (χ0v) is 12.4. The molecule has 2 aliphatic carbocycles. The van der Waals surface area contributed by atoms with Gasteiger partial charge >= 0.3 is 0 Å². The molecule has 1 aromatic carbocycles. The minimum Gasteiger partial charge on any atom is -0.398 e. The number of amides is 1. The molecule has 1 amide bonds. The second kappa shape index (κ2) is 5.12. The molecular weight excluding hydrogens is 248 g/mol. The van der Waals surface area contributed by atoms with Crippen LogP contribution in [0.15, 0.2) is 24.3 Å². The fraction of sp³-hybridized carbons (Fsp3) is 0.588. The molecule has 3 heteroatoms. The van der Waals surface area contributed by atoms with Crippen molar-refractivity contribution < 1.29 is 4.79 Å². The maximum absolute atomic E-state index is 12.8. The number of hydrogen-bond donors (Lipinski definition) is 1. The average molecular weight is 272 g/mol. The molecule has 0 radical (unpaired) electrons. The lowest BCUT2D eigenvalue weighted by atomic mass is 10.1. The van der Waals surface area contributed by atoms with Crippen LogP contribution in [-0.4, -0.2) is 16.8 Å². The molecule has 3 rings (SSSR count). The van der Waals surface area contributed by atoms with Crippen molar-refractivity contribution in [3.8, 4) is 0 Å². The number of carbonyl (C=O) groups excluding carboxylic acids is 1. The normalized spacial score (nSPS) is 27.4. The van der Waals surface area contributed by atoms with E-state index >= 15 is 0 Å². The van der Waals surface area contributed by atoms with Crippen LogP contribution in [-0.2, 0) is 11.3 Å². The van der Waals surface area contributed by atoms with Gasteiger partial charge in [0, 0.05) is 24.2 Å². The minimum atomic E-state index is 0.225. The minimum absolute atomic E-state index is 0.225. The van der Waals surface area contributed by atoms with Gasteiger partial charge in [0.1, 0.15) is 0 Å². The highest BCUT2D eigenvalue weighted by Gasteiger charge is 2.57. The number of para-hydroxylation sites is 1. The average Bonchev–Trinajstić information content (AvgIpc) is 2.89. The third-order valence-electron chi connectivity index (χ3n) is 4.99. The zero-order valence-electron chi connectivity index (χ0n) is 12.4. The first-order valence-corrected chi connectivity index (χ1v) is 7.73. The number of nitrogens with zero attached hydrogens (tertiary/aromatic N) is 1. The van der Waals surface area contributed by atoms with Crippen molar-refractivity contribution in [1.29, 1.82) is 0 Å². The van der Waals surface area contributed by atoms with E-state index in [1.807, 2.05) is 29.2 Å². The molecule has 0 bridgehead atoms. The van der Waals surface area contributed by atoms with Crippen molar-refractivity contribution >= 4 is 11.6 Å². The lowest BCUT2D eigenvalue weighted by Gasteiger charge is -2.28. The zero-order chi connectivity index (χ0) is 14.3. The van der Waals surface area contributed by atoms with Crippen LogP contribution in [0.2, 0.25) is 0 Å². The molecule has 0 aromatic heterocycles. The first kappa shape index (κ1) is 13.5. The molecule has 2 unspecified atom stereocenters. The summed E-state index contributed by atoms with van der Waals surface area (Å²) in [6.45, 7) is 4.82. The van der Waals surface area contributed by atoms with Gasteiger partial charge in [0.15, 0.2) is 0 Å². The van der Waals surface area contributed by atoms with E-state index in [1.165, 1.54) is 19.3 Å². The number of nitrogens with two attached hydrogens (primary N) is 1. The van der Waals surface area contributed by atoms with Gasteiger partial charge in [-0.25, -0.2) is 0 Å². The Kier molecular flexibility index (Phi) is 3.45. The summed E-state index contributed by atoms with van der Waals surface area (Å²) in [4.78, 5) is 14.8. The quantitative estimate of drug-likeness (QED) is 0.856. The fourth-order valence-electron chi connectivity index (χ4n) is 3.76. The van der Waals surface area contributed by atoms with Gasteiger partial charge in [-0.15, -0.1) is 0 Å². The van der Waals surface area contributed by atoms with Gasteiger partial charge in [0.05, 0.1) is 0 Å². The van der Waals surface area contributed by atoms with Crippen LogP contribution in [0.1, 0.15) is 38.7 Å². The Morgan fingerprint density at radius 3 is 2.55 bits per heavy atom. The molecule has 3 nitrogen and oxygen atoms in total. The van der Waals surface area contributed by atoms with Gasteiger partial charge in [0.25, 0.3) is 0 Å². The highest BCUT2D eigenvalue weighted by atomic mass is 16.2. The van der Waals surface area contributed by atoms with E-state index < -0.39 is 0 Å². The number of nitrogen functional groups attached to an aromatic ring is 1. The van der Waals surface area contributed by atoms with Gasteiger partial charge in [-0.05, 0) is 50.2 Å². The number of rotatable bonds is 4. The highest BCUT2D eigenvalue weighted by molar-refractivity contribution is 5.83. The Balaban J connectivity index is 1.73. The predicted molar refractivity (Wildman–Crippen MR) is 80.9 cm³/mol. The number of anilines is 1. The number of carbonyl (C=O) groups is 1. The Bertz CT molecular complexity index is 501. The molecular formula is C17H24N2O. The molecule has 2 aliphatic rings. The Hall–Kier alpha value is -1.51. The third-order valence-corrected chi connectivity index (χ3v) is 4.99. The van der Waals surface area contributed by atoms with Crippen molar-refractivity contribution in [2.75, 3.05) is 5.73 Å². The lowest BCUT2D eigenvalue weighted by molar-refractivity contribution is -0.135. The van der Waals surface area contributed by atoms with E-state index in [0.717, 1.165) is 11.3 Å².